The highest BCUT2D eigenvalue weighted by atomic mass is 35.5. The van der Waals surface area contributed by atoms with Crippen LogP contribution >= 0.6 is 11.6 Å². The second-order valence-electron chi connectivity index (χ2n) is 6.39. The largest absolute Gasteiger partial charge is 0.508 e. The van der Waals surface area contributed by atoms with Gasteiger partial charge >= 0.3 is 0 Å². The van der Waals surface area contributed by atoms with Crippen molar-refractivity contribution in [3.8, 4) is 28.6 Å². The van der Waals surface area contributed by atoms with Crippen LogP contribution in [-0.4, -0.2) is 31.9 Å². The van der Waals surface area contributed by atoms with E-state index in [1.807, 2.05) is 12.1 Å². The first kappa shape index (κ1) is 16.8. The zero-order valence-corrected chi connectivity index (χ0v) is 14.6. The van der Waals surface area contributed by atoms with Gasteiger partial charge in [0.1, 0.15) is 17.2 Å². The summed E-state index contributed by atoms with van der Waals surface area (Å²) >= 11 is 5.98. The van der Waals surface area contributed by atoms with Crippen LogP contribution in [0.4, 0.5) is 0 Å². The topological polar surface area (TPSA) is 90.0 Å². The highest BCUT2D eigenvalue weighted by Gasteiger charge is 2.26. The maximum absolute atomic E-state index is 10.2. The first-order valence-electron chi connectivity index (χ1n) is 8.21. The summed E-state index contributed by atoms with van der Waals surface area (Å²) in [5, 5.41) is 33.7. The maximum Gasteiger partial charge on any atom is 0.175 e. The number of halogens is 1. The molecular formula is C19H17ClN2O4. The van der Waals surface area contributed by atoms with Gasteiger partial charge in [-0.05, 0) is 23.8 Å². The quantitative estimate of drug-likeness (QED) is 0.650. The molecule has 7 heteroatoms. The standard InChI is InChI=1S/C19H17ClN2O4/c20-15-7-13(17(24)8-18(15)25)19-14-10-22(5-4-16(14)21-26-19)9-11-2-1-3-12(23)6-11/h1-3,6-8,23-25H,4-5,9-10H2. The molecule has 0 atom stereocenters. The molecule has 0 radical (unpaired) electrons. The third kappa shape index (κ3) is 3.09. The number of fused-ring (bicyclic) bond motifs is 1. The zero-order valence-electron chi connectivity index (χ0n) is 13.8. The van der Waals surface area contributed by atoms with Crippen molar-refractivity contribution < 1.29 is 19.8 Å². The van der Waals surface area contributed by atoms with Crippen molar-refractivity contribution in [3.63, 3.8) is 0 Å². The van der Waals surface area contributed by atoms with Crippen molar-refractivity contribution in [1.82, 2.24) is 10.1 Å². The van der Waals surface area contributed by atoms with Gasteiger partial charge in [0.25, 0.3) is 0 Å². The number of aromatic nitrogens is 1. The Morgan fingerprint density at radius 2 is 1.96 bits per heavy atom. The number of phenolic OH excluding ortho intramolecular Hbond substituents is 3. The summed E-state index contributed by atoms with van der Waals surface area (Å²) in [7, 11) is 0. The van der Waals surface area contributed by atoms with Gasteiger partial charge in [-0.1, -0.05) is 28.9 Å². The van der Waals surface area contributed by atoms with E-state index in [9.17, 15) is 15.3 Å². The van der Waals surface area contributed by atoms with Crippen LogP contribution in [0.25, 0.3) is 11.3 Å². The van der Waals surface area contributed by atoms with E-state index in [0.717, 1.165) is 29.8 Å². The van der Waals surface area contributed by atoms with E-state index in [4.69, 9.17) is 16.1 Å². The first-order valence-corrected chi connectivity index (χ1v) is 8.58. The van der Waals surface area contributed by atoms with Crippen molar-refractivity contribution in [1.29, 1.82) is 0 Å². The first-order chi connectivity index (χ1) is 12.5. The number of rotatable bonds is 3. The Morgan fingerprint density at radius 3 is 2.77 bits per heavy atom. The molecule has 0 fully saturated rings. The molecule has 134 valence electrons. The van der Waals surface area contributed by atoms with Gasteiger partial charge < -0.3 is 19.8 Å². The Balaban J connectivity index is 1.63. The van der Waals surface area contributed by atoms with Gasteiger partial charge in [0.05, 0.1) is 16.3 Å². The van der Waals surface area contributed by atoms with Gasteiger partial charge in [0.15, 0.2) is 5.76 Å². The van der Waals surface area contributed by atoms with E-state index in [1.165, 1.54) is 12.1 Å². The Labute approximate surface area is 154 Å². The zero-order chi connectivity index (χ0) is 18.3. The average Bonchev–Trinajstić information content (AvgIpc) is 3.01. The predicted octanol–water partition coefficient (Wildman–Crippen LogP) is 3.67. The Bertz CT molecular complexity index is 970. The summed E-state index contributed by atoms with van der Waals surface area (Å²) in [4.78, 5) is 2.22. The summed E-state index contributed by atoms with van der Waals surface area (Å²) in [6, 6.07) is 9.85. The summed E-state index contributed by atoms with van der Waals surface area (Å²) in [6.45, 7) is 2.10. The minimum Gasteiger partial charge on any atom is -0.508 e. The van der Waals surface area contributed by atoms with E-state index >= 15 is 0 Å². The highest BCUT2D eigenvalue weighted by molar-refractivity contribution is 6.32. The predicted molar refractivity (Wildman–Crippen MR) is 96.2 cm³/mol. The molecule has 0 spiro atoms. The number of nitrogens with zero attached hydrogens (tertiary/aromatic N) is 2. The third-order valence-corrected chi connectivity index (χ3v) is 4.85. The minimum atomic E-state index is -0.188. The van der Waals surface area contributed by atoms with Crippen LogP contribution in [-0.2, 0) is 19.5 Å². The molecule has 0 saturated carbocycles. The molecule has 0 bridgehead atoms. The average molecular weight is 373 g/mol. The van der Waals surface area contributed by atoms with Crippen LogP contribution in [0.15, 0.2) is 40.9 Å². The maximum atomic E-state index is 10.2. The monoisotopic (exact) mass is 372 g/mol. The van der Waals surface area contributed by atoms with Gasteiger partial charge in [-0.25, -0.2) is 0 Å². The summed E-state index contributed by atoms with van der Waals surface area (Å²) in [5.74, 6) is 0.400. The molecule has 6 nitrogen and oxygen atoms in total. The minimum absolute atomic E-state index is 0.115. The smallest absolute Gasteiger partial charge is 0.175 e. The molecule has 0 amide bonds. The second-order valence-corrected chi connectivity index (χ2v) is 6.80. The molecule has 1 aliphatic rings. The lowest BCUT2D eigenvalue weighted by Crippen LogP contribution is -2.29. The third-order valence-electron chi connectivity index (χ3n) is 4.54. The van der Waals surface area contributed by atoms with E-state index in [2.05, 4.69) is 10.1 Å². The van der Waals surface area contributed by atoms with Gasteiger partial charge in [0, 0.05) is 37.7 Å². The SMILES string of the molecule is Oc1cccc(CN2CCc3noc(-c4cc(Cl)c(O)cc4O)c3C2)c1. The Morgan fingerprint density at radius 1 is 1.12 bits per heavy atom. The molecule has 3 aromatic rings. The lowest BCUT2D eigenvalue weighted by atomic mass is 10.0. The number of hydrogen-bond donors (Lipinski definition) is 3. The number of hydrogen-bond acceptors (Lipinski definition) is 6. The molecule has 0 saturated heterocycles. The van der Waals surface area contributed by atoms with E-state index in [-0.39, 0.29) is 22.3 Å². The highest BCUT2D eigenvalue weighted by Crippen LogP contribution is 2.40. The molecule has 0 aliphatic carbocycles. The van der Waals surface area contributed by atoms with Crippen LogP contribution < -0.4 is 0 Å². The molecule has 4 rings (SSSR count). The molecule has 26 heavy (non-hydrogen) atoms. The lowest BCUT2D eigenvalue weighted by molar-refractivity contribution is 0.244. The van der Waals surface area contributed by atoms with E-state index in [1.54, 1.807) is 12.1 Å². The molecule has 2 heterocycles. The van der Waals surface area contributed by atoms with Crippen molar-refractivity contribution in [3.05, 3.63) is 58.2 Å². The molecule has 1 aromatic heterocycles. The van der Waals surface area contributed by atoms with Crippen LogP contribution in [0.2, 0.25) is 5.02 Å². The van der Waals surface area contributed by atoms with Gasteiger partial charge in [-0.15, -0.1) is 0 Å². The van der Waals surface area contributed by atoms with Gasteiger partial charge in [-0.2, -0.15) is 0 Å². The van der Waals surface area contributed by atoms with Crippen LogP contribution in [0.5, 0.6) is 17.2 Å². The van der Waals surface area contributed by atoms with Gasteiger partial charge in [0.2, 0.25) is 0 Å². The fraction of sp³-hybridized carbons (Fsp3) is 0.211. The Kier molecular flexibility index (Phi) is 4.22. The second kappa shape index (κ2) is 6.55. The number of benzene rings is 2. The lowest BCUT2D eigenvalue weighted by Gasteiger charge is -2.26. The molecule has 3 N–H and O–H groups in total. The molecule has 0 unspecified atom stereocenters. The number of phenols is 3. The van der Waals surface area contributed by atoms with E-state index < -0.39 is 0 Å². The van der Waals surface area contributed by atoms with Crippen LogP contribution in [0.1, 0.15) is 16.8 Å². The van der Waals surface area contributed by atoms with E-state index in [0.29, 0.717) is 24.4 Å². The van der Waals surface area contributed by atoms with Crippen molar-refractivity contribution in [2.75, 3.05) is 6.54 Å². The summed E-state index contributed by atoms with van der Waals surface area (Å²) in [5.41, 5.74) is 3.17. The summed E-state index contributed by atoms with van der Waals surface area (Å²) < 4.78 is 5.48. The van der Waals surface area contributed by atoms with Gasteiger partial charge in [-0.3, -0.25) is 4.90 Å². The summed E-state index contributed by atoms with van der Waals surface area (Å²) in [6.07, 6.45) is 0.726. The van der Waals surface area contributed by atoms with Crippen molar-refractivity contribution >= 4 is 11.6 Å². The van der Waals surface area contributed by atoms with Crippen LogP contribution in [0, 0.1) is 0 Å². The normalized spacial score (nSPS) is 14.3. The molecule has 1 aliphatic heterocycles. The van der Waals surface area contributed by atoms with Crippen molar-refractivity contribution in [2.24, 2.45) is 0 Å². The molecular weight excluding hydrogens is 356 g/mol. The number of aromatic hydroxyl groups is 3. The fourth-order valence-electron chi connectivity index (χ4n) is 3.26. The van der Waals surface area contributed by atoms with Crippen molar-refractivity contribution in [2.45, 2.75) is 19.5 Å². The Hall–Kier alpha value is -2.70. The molecule has 2 aromatic carbocycles. The fourth-order valence-corrected chi connectivity index (χ4v) is 3.42. The van der Waals surface area contributed by atoms with Crippen LogP contribution in [0.3, 0.4) is 0 Å².